The molecule has 1 heterocycles. The molecular weight excluding hydrogens is 307 g/mol. The third-order valence-electron chi connectivity index (χ3n) is 3.13. The molecule has 5 heteroatoms. The normalized spacial score (nSPS) is 10.8. The first-order valence-electron chi connectivity index (χ1n) is 6.39. The number of nitrogens with two attached hydrogens (primary N) is 1. The van der Waals surface area contributed by atoms with Gasteiger partial charge in [-0.3, -0.25) is 0 Å². The Labute approximate surface area is 132 Å². The van der Waals surface area contributed by atoms with Crippen LogP contribution in [0.4, 0.5) is 0 Å². The van der Waals surface area contributed by atoms with Gasteiger partial charge >= 0.3 is 0 Å². The number of halogens is 2. The van der Waals surface area contributed by atoms with Gasteiger partial charge in [0.25, 0.3) is 0 Å². The Bertz CT molecular complexity index is 805. The van der Waals surface area contributed by atoms with Gasteiger partial charge in [0.15, 0.2) is 0 Å². The van der Waals surface area contributed by atoms with Crippen molar-refractivity contribution in [1.29, 1.82) is 0 Å². The molecule has 0 unspecified atom stereocenters. The number of hydrogen-bond acceptors (Lipinski definition) is 3. The molecule has 21 heavy (non-hydrogen) atoms. The van der Waals surface area contributed by atoms with Gasteiger partial charge < -0.3 is 10.5 Å². The molecule has 2 aromatic carbocycles. The summed E-state index contributed by atoms with van der Waals surface area (Å²) in [5.41, 5.74) is 7.60. The molecule has 106 valence electrons. The average molecular weight is 319 g/mol. The van der Waals surface area contributed by atoms with E-state index in [-0.39, 0.29) is 0 Å². The molecule has 0 saturated heterocycles. The Balaban J connectivity index is 2.07. The van der Waals surface area contributed by atoms with Crippen LogP contribution in [0, 0.1) is 0 Å². The second kappa shape index (κ2) is 5.90. The molecule has 1 aromatic heterocycles. The minimum Gasteiger partial charge on any atom is -0.437 e. The van der Waals surface area contributed by atoms with Crippen molar-refractivity contribution in [2.75, 3.05) is 0 Å². The van der Waals surface area contributed by atoms with E-state index in [9.17, 15) is 0 Å². The Hall–Kier alpha value is -1.81. The van der Waals surface area contributed by atoms with Gasteiger partial charge in [-0.15, -0.1) is 0 Å². The average Bonchev–Trinajstić information content (AvgIpc) is 2.51. The summed E-state index contributed by atoms with van der Waals surface area (Å²) < 4.78 is 5.76. The van der Waals surface area contributed by atoms with Crippen LogP contribution in [0.15, 0.2) is 48.5 Å². The molecule has 3 aromatic rings. The van der Waals surface area contributed by atoms with Crippen LogP contribution in [0.1, 0.15) is 5.56 Å². The summed E-state index contributed by atoms with van der Waals surface area (Å²) in [6.07, 6.45) is 0. The van der Waals surface area contributed by atoms with Gasteiger partial charge in [0.1, 0.15) is 10.8 Å². The van der Waals surface area contributed by atoms with Gasteiger partial charge in [-0.05, 0) is 23.8 Å². The Morgan fingerprint density at radius 2 is 1.86 bits per heavy atom. The van der Waals surface area contributed by atoms with E-state index >= 15 is 0 Å². The first-order chi connectivity index (χ1) is 10.2. The van der Waals surface area contributed by atoms with Crippen LogP contribution in [0.3, 0.4) is 0 Å². The molecule has 0 amide bonds. The maximum absolute atomic E-state index is 6.13. The fourth-order valence-electron chi connectivity index (χ4n) is 2.12. The van der Waals surface area contributed by atoms with Crippen molar-refractivity contribution in [2.24, 2.45) is 5.73 Å². The maximum atomic E-state index is 6.13. The molecule has 2 N–H and O–H groups in total. The molecule has 0 fully saturated rings. The Morgan fingerprint density at radius 1 is 1.05 bits per heavy atom. The summed E-state index contributed by atoms with van der Waals surface area (Å²) in [4.78, 5) is 4.47. The van der Waals surface area contributed by atoms with Crippen molar-refractivity contribution in [1.82, 2.24) is 4.98 Å². The van der Waals surface area contributed by atoms with Crippen molar-refractivity contribution >= 4 is 34.1 Å². The van der Waals surface area contributed by atoms with E-state index in [0.29, 0.717) is 28.2 Å². The number of benzene rings is 2. The van der Waals surface area contributed by atoms with E-state index in [1.165, 1.54) is 0 Å². The first-order valence-corrected chi connectivity index (χ1v) is 7.15. The van der Waals surface area contributed by atoms with Crippen LogP contribution in [0.2, 0.25) is 10.0 Å². The number of ether oxygens (including phenoxy) is 1. The zero-order valence-electron chi connectivity index (χ0n) is 11.0. The molecule has 0 spiro atoms. The molecule has 0 aliphatic carbocycles. The minimum absolute atomic E-state index is 0.364. The maximum Gasteiger partial charge on any atom is 0.220 e. The molecule has 0 atom stereocenters. The second-order valence-electron chi connectivity index (χ2n) is 4.49. The zero-order chi connectivity index (χ0) is 14.8. The molecule has 0 bridgehead atoms. The van der Waals surface area contributed by atoms with E-state index in [1.807, 2.05) is 30.3 Å². The molecule has 0 saturated carbocycles. The lowest BCUT2D eigenvalue weighted by Crippen LogP contribution is -2.00. The number of hydrogen-bond donors (Lipinski definition) is 1. The zero-order valence-corrected chi connectivity index (χ0v) is 12.5. The lowest BCUT2D eigenvalue weighted by Gasteiger charge is -2.10. The van der Waals surface area contributed by atoms with Crippen molar-refractivity contribution in [3.05, 3.63) is 64.1 Å². The lowest BCUT2D eigenvalue weighted by molar-refractivity contribution is 0.464. The smallest absolute Gasteiger partial charge is 0.220 e. The van der Waals surface area contributed by atoms with E-state index in [2.05, 4.69) is 4.98 Å². The van der Waals surface area contributed by atoms with Crippen LogP contribution in [-0.4, -0.2) is 4.98 Å². The fourth-order valence-corrected chi connectivity index (χ4v) is 2.45. The third-order valence-corrected chi connectivity index (χ3v) is 3.93. The van der Waals surface area contributed by atoms with Crippen molar-refractivity contribution in [3.63, 3.8) is 0 Å². The monoisotopic (exact) mass is 318 g/mol. The fraction of sp³-hybridized carbons (Fsp3) is 0.0625. The molecule has 0 aliphatic rings. The molecule has 3 rings (SSSR count). The number of nitrogens with zero attached hydrogens (tertiary/aromatic N) is 1. The highest BCUT2D eigenvalue weighted by Gasteiger charge is 2.10. The summed E-state index contributed by atoms with van der Waals surface area (Å²) in [6, 6.07) is 14.8. The number of para-hydroxylation sites is 1. The van der Waals surface area contributed by atoms with E-state index in [1.54, 1.807) is 18.2 Å². The van der Waals surface area contributed by atoms with Gasteiger partial charge in [0.05, 0.1) is 10.5 Å². The summed E-state index contributed by atoms with van der Waals surface area (Å²) >= 11 is 12.1. The van der Waals surface area contributed by atoms with E-state index < -0.39 is 0 Å². The number of fused-ring (bicyclic) bond motifs is 1. The van der Waals surface area contributed by atoms with Crippen molar-refractivity contribution in [3.8, 4) is 11.6 Å². The van der Waals surface area contributed by atoms with E-state index in [4.69, 9.17) is 33.7 Å². The lowest BCUT2D eigenvalue weighted by atomic mass is 10.1. The standard InChI is InChI=1S/C16H12Cl2N2O/c17-12-5-3-7-14(16(12)18)21-15-8-10(9-19)11-4-1-2-6-13(11)20-15/h1-8H,9,19H2. The highest BCUT2D eigenvalue weighted by molar-refractivity contribution is 6.42. The van der Waals surface area contributed by atoms with Crippen molar-refractivity contribution < 1.29 is 4.74 Å². The predicted octanol–water partition coefficient (Wildman–Crippen LogP) is 4.79. The highest BCUT2D eigenvalue weighted by Crippen LogP contribution is 2.35. The van der Waals surface area contributed by atoms with Crippen LogP contribution < -0.4 is 10.5 Å². The first kappa shape index (κ1) is 14.1. The molecule has 0 radical (unpaired) electrons. The largest absolute Gasteiger partial charge is 0.437 e. The van der Waals surface area contributed by atoms with Gasteiger partial charge in [-0.2, -0.15) is 0 Å². The molecule has 3 nitrogen and oxygen atoms in total. The van der Waals surface area contributed by atoms with Crippen LogP contribution in [0.25, 0.3) is 10.9 Å². The van der Waals surface area contributed by atoms with Gasteiger partial charge in [0.2, 0.25) is 5.88 Å². The van der Waals surface area contributed by atoms with Gasteiger partial charge in [-0.1, -0.05) is 47.5 Å². The Morgan fingerprint density at radius 3 is 2.67 bits per heavy atom. The highest BCUT2D eigenvalue weighted by atomic mass is 35.5. The Kier molecular flexibility index (Phi) is 3.97. The predicted molar refractivity (Wildman–Crippen MR) is 86.2 cm³/mol. The summed E-state index contributed by atoms with van der Waals surface area (Å²) in [5.74, 6) is 0.910. The summed E-state index contributed by atoms with van der Waals surface area (Å²) in [6.45, 7) is 0.405. The molecular formula is C16H12Cl2N2O. The third kappa shape index (κ3) is 2.81. The topological polar surface area (TPSA) is 48.1 Å². The quantitative estimate of drug-likeness (QED) is 0.755. The SMILES string of the molecule is NCc1cc(Oc2cccc(Cl)c2Cl)nc2ccccc12. The minimum atomic E-state index is 0.364. The summed E-state index contributed by atoms with van der Waals surface area (Å²) in [5, 5.41) is 1.82. The van der Waals surface area contributed by atoms with Gasteiger partial charge in [-0.25, -0.2) is 4.98 Å². The van der Waals surface area contributed by atoms with E-state index in [0.717, 1.165) is 16.5 Å². The van der Waals surface area contributed by atoms with Crippen LogP contribution in [0.5, 0.6) is 11.6 Å². The van der Waals surface area contributed by atoms with Crippen molar-refractivity contribution in [2.45, 2.75) is 6.54 Å². The second-order valence-corrected chi connectivity index (χ2v) is 5.28. The summed E-state index contributed by atoms with van der Waals surface area (Å²) in [7, 11) is 0. The number of aromatic nitrogens is 1. The van der Waals surface area contributed by atoms with Crippen LogP contribution >= 0.6 is 23.2 Å². The van der Waals surface area contributed by atoms with Gasteiger partial charge in [0, 0.05) is 18.0 Å². The number of pyridine rings is 1. The van der Waals surface area contributed by atoms with Crippen LogP contribution in [-0.2, 0) is 6.54 Å². The number of rotatable bonds is 3. The molecule has 0 aliphatic heterocycles.